The molecule has 4 rings (SSSR count). The van der Waals surface area contributed by atoms with Gasteiger partial charge in [-0.3, -0.25) is 4.79 Å². The molecule has 150 valence electrons. The first-order valence-electron chi connectivity index (χ1n) is 9.52. The normalized spacial score (nSPS) is 21.0. The lowest BCUT2D eigenvalue weighted by Crippen LogP contribution is -2.39. The quantitative estimate of drug-likeness (QED) is 0.686. The molecule has 2 aliphatic rings. The van der Waals surface area contributed by atoms with E-state index in [1.165, 1.54) is 0 Å². The average Bonchev–Trinajstić information content (AvgIpc) is 3.06. The number of carbonyl (C=O) groups excluding carboxylic acids is 2. The van der Waals surface area contributed by atoms with E-state index < -0.39 is 0 Å². The molecule has 0 fully saturated rings. The van der Waals surface area contributed by atoms with Crippen LogP contribution in [0.4, 0.5) is 5.82 Å². The minimum absolute atomic E-state index is 0.0947. The van der Waals surface area contributed by atoms with E-state index >= 15 is 0 Å². The molecular weight excluding hydrogens is 450 g/mol. The van der Waals surface area contributed by atoms with Gasteiger partial charge in [0.2, 0.25) is 0 Å². The topological polar surface area (TPSA) is 72.3 Å². The molecule has 1 unspecified atom stereocenters. The minimum Gasteiger partial charge on any atom is -0.362 e. The van der Waals surface area contributed by atoms with Crippen LogP contribution in [0, 0.1) is 5.41 Å². The Morgan fingerprint density at radius 1 is 1.28 bits per heavy atom. The zero-order valence-electron chi connectivity index (χ0n) is 16.6. The Morgan fingerprint density at radius 2 is 2.07 bits per heavy atom. The molecule has 0 saturated carbocycles. The van der Waals surface area contributed by atoms with E-state index in [2.05, 4.69) is 45.4 Å². The van der Waals surface area contributed by atoms with Gasteiger partial charge in [-0.15, -0.1) is 11.3 Å². The summed E-state index contributed by atoms with van der Waals surface area (Å²) in [7, 11) is 0. The van der Waals surface area contributed by atoms with Gasteiger partial charge in [0.15, 0.2) is 5.78 Å². The fourth-order valence-corrected chi connectivity index (χ4v) is 5.71. The predicted molar refractivity (Wildman–Crippen MR) is 117 cm³/mol. The standard InChI is InChI=1S/C22H22BrN3O2S/c1-12-18(21(28)26-17-6-4-5-9-24-17)20(15-7-8-16(23)29-15)19-13(25-12)10-22(2,3)11-14(19)27/h4-9,20,25H,10-11H2,1-3H3,(H,24,26,28)/p+1. The number of nitrogens with one attached hydrogen (secondary N) is 3. The van der Waals surface area contributed by atoms with Gasteiger partial charge in [0.1, 0.15) is 0 Å². The lowest BCUT2D eigenvalue weighted by molar-refractivity contribution is -0.360. The Hall–Kier alpha value is -2.25. The first kappa shape index (κ1) is 20.0. The maximum absolute atomic E-state index is 13.3. The Bertz CT molecular complexity index is 1050. The molecule has 5 nitrogen and oxygen atoms in total. The number of pyridine rings is 1. The van der Waals surface area contributed by atoms with E-state index in [0.717, 1.165) is 32.1 Å². The molecule has 1 aliphatic carbocycles. The van der Waals surface area contributed by atoms with E-state index in [1.807, 2.05) is 31.2 Å². The number of hydrogen-bond acceptors (Lipinski definition) is 4. The number of H-pyrrole nitrogens is 1. The molecule has 3 heterocycles. The van der Waals surface area contributed by atoms with Gasteiger partial charge >= 0.3 is 5.91 Å². The van der Waals surface area contributed by atoms with Crippen molar-refractivity contribution >= 4 is 44.8 Å². The summed E-state index contributed by atoms with van der Waals surface area (Å²) in [6.45, 7) is 6.13. The number of dihydropyridines is 1. The Kier molecular flexibility index (Phi) is 5.21. The summed E-state index contributed by atoms with van der Waals surface area (Å²) in [6, 6.07) is 9.48. The van der Waals surface area contributed by atoms with Gasteiger partial charge in [-0.25, -0.2) is 15.1 Å². The minimum atomic E-state index is -0.366. The molecule has 0 spiro atoms. The summed E-state index contributed by atoms with van der Waals surface area (Å²) < 4.78 is 0.977. The van der Waals surface area contributed by atoms with Crippen LogP contribution in [0.1, 0.15) is 44.4 Å². The van der Waals surface area contributed by atoms with Gasteiger partial charge in [0, 0.05) is 34.3 Å². The maximum Gasteiger partial charge on any atom is 0.337 e. The number of rotatable bonds is 3. The molecule has 1 atom stereocenters. The number of amides is 1. The largest absolute Gasteiger partial charge is 0.362 e. The summed E-state index contributed by atoms with van der Waals surface area (Å²) >= 11 is 5.09. The van der Waals surface area contributed by atoms with E-state index in [-0.39, 0.29) is 23.0 Å². The second kappa shape index (κ2) is 7.54. The molecule has 1 aliphatic heterocycles. The molecule has 0 aromatic carbocycles. The number of hydrogen-bond donors (Lipinski definition) is 2. The van der Waals surface area contributed by atoms with E-state index in [1.54, 1.807) is 23.6 Å². The van der Waals surface area contributed by atoms with Crippen molar-refractivity contribution in [1.82, 2.24) is 5.32 Å². The summed E-state index contributed by atoms with van der Waals surface area (Å²) in [5.74, 6) is 0.146. The van der Waals surface area contributed by atoms with E-state index in [9.17, 15) is 9.59 Å². The highest BCUT2D eigenvalue weighted by Crippen LogP contribution is 2.48. The summed E-state index contributed by atoms with van der Waals surface area (Å²) in [4.78, 5) is 30.5. The number of aromatic nitrogens is 1. The van der Waals surface area contributed by atoms with Crippen molar-refractivity contribution in [2.75, 3.05) is 5.32 Å². The molecule has 3 N–H and O–H groups in total. The van der Waals surface area contributed by atoms with Gasteiger partial charge in [-0.1, -0.05) is 19.9 Å². The Morgan fingerprint density at radius 3 is 2.72 bits per heavy atom. The highest BCUT2D eigenvalue weighted by molar-refractivity contribution is 9.11. The molecular formula is C22H23BrN3O2S+. The molecule has 7 heteroatoms. The Balaban J connectivity index is 1.80. The van der Waals surface area contributed by atoms with Crippen molar-refractivity contribution in [2.24, 2.45) is 5.41 Å². The van der Waals surface area contributed by atoms with Crippen molar-refractivity contribution in [3.8, 4) is 0 Å². The van der Waals surface area contributed by atoms with Crippen LogP contribution in [0.15, 0.2) is 62.9 Å². The molecule has 0 saturated heterocycles. The first-order chi connectivity index (χ1) is 13.7. The number of thiophene rings is 1. The smallest absolute Gasteiger partial charge is 0.337 e. The zero-order valence-corrected chi connectivity index (χ0v) is 19.0. The first-order valence-corrected chi connectivity index (χ1v) is 11.1. The van der Waals surface area contributed by atoms with Crippen LogP contribution < -0.4 is 15.6 Å². The van der Waals surface area contributed by atoms with Crippen LogP contribution in [-0.4, -0.2) is 11.7 Å². The molecule has 1 amide bonds. The Labute approximate surface area is 182 Å². The van der Waals surface area contributed by atoms with Crippen molar-refractivity contribution in [2.45, 2.75) is 39.5 Å². The summed E-state index contributed by atoms with van der Waals surface area (Å²) in [5, 5.41) is 6.33. The third-order valence-electron chi connectivity index (χ3n) is 5.32. The number of halogens is 1. The highest BCUT2D eigenvalue weighted by atomic mass is 79.9. The monoisotopic (exact) mass is 472 g/mol. The number of anilines is 1. The molecule has 2 aromatic rings. The summed E-state index contributed by atoms with van der Waals surface area (Å²) in [5.41, 5.74) is 2.95. The number of Topliss-reactive ketones (excluding diaryl/α,β-unsaturated/α-hetero) is 1. The fraction of sp³-hybridized carbons (Fsp3) is 0.318. The highest BCUT2D eigenvalue weighted by Gasteiger charge is 2.44. The summed E-state index contributed by atoms with van der Waals surface area (Å²) in [6.07, 6.45) is 3.03. The van der Waals surface area contributed by atoms with Crippen LogP contribution in [0.2, 0.25) is 0 Å². The second-order valence-electron chi connectivity index (χ2n) is 8.30. The molecule has 0 bridgehead atoms. The number of allylic oxidation sites excluding steroid dienone is 3. The number of aromatic amines is 1. The SMILES string of the molecule is CC1=C(C(=O)Nc2cccc[nH+]2)C(c2ccc(Br)s2)C2=C(CC(C)(C)CC2=O)N1. The third-order valence-corrected chi connectivity index (χ3v) is 7.01. The lowest BCUT2D eigenvalue weighted by Gasteiger charge is -2.38. The van der Waals surface area contributed by atoms with Crippen molar-refractivity contribution in [1.29, 1.82) is 0 Å². The van der Waals surface area contributed by atoms with Crippen LogP contribution in [0.25, 0.3) is 0 Å². The van der Waals surface area contributed by atoms with Crippen LogP contribution in [-0.2, 0) is 9.59 Å². The van der Waals surface area contributed by atoms with Gasteiger partial charge in [0.05, 0.1) is 21.5 Å². The number of carbonyl (C=O) groups is 2. The average molecular weight is 473 g/mol. The van der Waals surface area contributed by atoms with Crippen LogP contribution >= 0.6 is 27.3 Å². The lowest BCUT2D eigenvalue weighted by atomic mass is 9.69. The van der Waals surface area contributed by atoms with E-state index in [4.69, 9.17) is 0 Å². The molecule has 0 radical (unpaired) electrons. The maximum atomic E-state index is 13.3. The molecule has 2 aromatic heterocycles. The second-order valence-corrected chi connectivity index (χ2v) is 10.8. The predicted octanol–water partition coefficient (Wildman–Crippen LogP) is 4.57. The molecule has 29 heavy (non-hydrogen) atoms. The van der Waals surface area contributed by atoms with Gasteiger partial charge < -0.3 is 5.32 Å². The van der Waals surface area contributed by atoms with Crippen molar-refractivity contribution in [3.63, 3.8) is 0 Å². The van der Waals surface area contributed by atoms with Crippen molar-refractivity contribution < 1.29 is 14.6 Å². The van der Waals surface area contributed by atoms with E-state index in [0.29, 0.717) is 17.8 Å². The number of ketones is 1. The van der Waals surface area contributed by atoms with Crippen molar-refractivity contribution in [3.05, 3.63) is 67.7 Å². The van der Waals surface area contributed by atoms with Gasteiger partial charge in [-0.05, 0) is 52.9 Å². The van der Waals surface area contributed by atoms with Gasteiger partial charge in [-0.2, -0.15) is 0 Å². The van der Waals surface area contributed by atoms with Crippen LogP contribution in [0.5, 0.6) is 0 Å². The zero-order chi connectivity index (χ0) is 20.8. The van der Waals surface area contributed by atoms with Gasteiger partial charge in [0.25, 0.3) is 5.82 Å². The van der Waals surface area contributed by atoms with Crippen LogP contribution in [0.3, 0.4) is 0 Å². The fourth-order valence-electron chi connectivity index (χ4n) is 4.17. The third kappa shape index (κ3) is 3.94.